The highest BCUT2D eigenvalue weighted by Crippen LogP contribution is 2.27. The molecule has 0 saturated heterocycles. The first-order valence-electron chi connectivity index (χ1n) is 12.1. The lowest BCUT2D eigenvalue weighted by Crippen LogP contribution is -2.42. The number of amides is 3. The van der Waals surface area contributed by atoms with Crippen molar-refractivity contribution < 1.29 is 19.1 Å². The second kappa shape index (κ2) is 12.0. The zero-order valence-electron chi connectivity index (χ0n) is 22.2. The normalized spacial score (nSPS) is 11.1. The molecule has 1 aromatic heterocycles. The van der Waals surface area contributed by atoms with Gasteiger partial charge in [0.15, 0.2) is 5.13 Å². The SMILES string of the molecule is CC(=O)Nc1nc(CCc2ccc(OC(=O)NC(C)(C)C)cc2)c(Cc2ccc(C(=O)N(C)C)cc2)s1. The fourth-order valence-electron chi connectivity index (χ4n) is 3.56. The van der Waals surface area contributed by atoms with Crippen LogP contribution >= 0.6 is 11.3 Å². The predicted octanol–water partition coefficient (Wildman–Crippen LogP) is 5.07. The third-order valence-corrected chi connectivity index (χ3v) is 6.31. The molecule has 0 fully saturated rings. The lowest BCUT2D eigenvalue weighted by atomic mass is 10.0. The number of carbonyl (C=O) groups is 3. The van der Waals surface area contributed by atoms with Gasteiger partial charge in [0.1, 0.15) is 5.75 Å². The Morgan fingerprint density at radius 2 is 1.57 bits per heavy atom. The quantitative estimate of drug-likeness (QED) is 0.430. The summed E-state index contributed by atoms with van der Waals surface area (Å²) in [6, 6.07) is 15.0. The summed E-state index contributed by atoms with van der Waals surface area (Å²) in [5.74, 6) is 0.276. The molecular weight excluding hydrogens is 488 g/mol. The van der Waals surface area contributed by atoms with Crippen molar-refractivity contribution in [1.29, 1.82) is 0 Å². The maximum Gasteiger partial charge on any atom is 0.413 e. The summed E-state index contributed by atoms with van der Waals surface area (Å²) in [5.41, 5.74) is 3.33. The highest BCUT2D eigenvalue weighted by Gasteiger charge is 2.16. The van der Waals surface area contributed by atoms with Crippen LogP contribution in [0.2, 0.25) is 0 Å². The van der Waals surface area contributed by atoms with E-state index in [0.717, 1.165) is 28.1 Å². The second-order valence-corrected chi connectivity index (χ2v) is 11.1. The first-order valence-corrected chi connectivity index (χ1v) is 12.9. The van der Waals surface area contributed by atoms with E-state index >= 15 is 0 Å². The van der Waals surface area contributed by atoms with Crippen molar-refractivity contribution in [1.82, 2.24) is 15.2 Å². The maximum absolute atomic E-state index is 12.2. The Balaban J connectivity index is 1.69. The Morgan fingerprint density at radius 1 is 0.946 bits per heavy atom. The molecule has 0 aliphatic carbocycles. The minimum Gasteiger partial charge on any atom is -0.410 e. The van der Waals surface area contributed by atoms with E-state index in [1.54, 1.807) is 31.1 Å². The van der Waals surface area contributed by atoms with E-state index in [1.165, 1.54) is 18.3 Å². The molecule has 196 valence electrons. The molecule has 0 spiro atoms. The number of aromatic nitrogens is 1. The van der Waals surface area contributed by atoms with Gasteiger partial charge in [-0.3, -0.25) is 9.59 Å². The molecule has 3 rings (SSSR count). The number of hydrogen-bond donors (Lipinski definition) is 2. The Kier molecular flexibility index (Phi) is 9.04. The van der Waals surface area contributed by atoms with Gasteiger partial charge in [-0.25, -0.2) is 9.78 Å². The van der Waals surface area contributed by atoms with Gasteiger partial charge in [-0.05, 0) is 69.0 Å². The monoisotopic (exact) mass is 522 g/mol. The Hall–Kier alpha value is -3.72. The number of nitrogens with zero attached hydrogens (tertiary/aromatic N) is 2. The summed E-state index contributed by atoms with van der Waals surface area (Å²) >= 11 is 1.46. The van der Waals surface area contributed by atoms with Crippen molar-refractivity contribution in [3.63, 3.8) is 0 Å². The number of benzene rings is 2. The van der Waals surface area contributed by atoms with Gasteiger partial charge in [0.2, 0.25) is 5.91 Å². The molecule has 3 aromatic rings. The maximum atomic E-state index is 12.2. The van der Waals surface area contributed by atoms with Crippen LogP contribution in [0.25, 0.3) is 0 Å². The van der Waals surface area contributed by atoms with Crippen molar-refractivity contribution in [3.8, 4) is 5.75 Å². The molecule has 37 heavy (non-hydrogen) atoms. The van der Waals surface area contributed by atoms with Crippen LogP contribution in [0.15, 0.2) is 48.5 Å². The van der Waals surface area contributed by atoms with Crippen LogP contribution < -0.4 is 15.4 Å². The molecule has 0 saturated carbocycles. The molecule has 0 unspecified atom stereocenters. The van der Waals surface area contributed by atoms with Crippen LogP contribution in [0, 0.1) is 0 Å². The number of thiazole rings is 1. The third kappa shape index (κ3) is 8.71. The summed E-state index contributed by atoms with van der Waals surface area (Å²) in [4.78, 5) is 43.0. The minimum absolute atomic E-state index is 0.0378. The lowest BCUT2D eigenvalue weighted by Gasteiger charge is -2.19. The van der Waals surface area contributed by atoms with Gasteiger partial charge in [0.05, 0.1) is 5.69 Å². The number of hydrogen-bond acceptors (Lipinski definition) is 6. The van der Waals surface area contributed by atoms with E-state index < -0.39 is 6.09 Å². The summed E-state index contributed by atoms with van der Waals surface area (Å²) in [6.45, 7) is 7.14. The van der Waals surface area contributed by atoms with E-state index in [1.807, 2.05) is 57.2 Å². The van der Waals surface area contributed by atoms with E-state index in [4.69, 9.17) is 4.74 Å². The largest absolute Gasteiger partial charge is 0.413 e. The van der Waals surface area contributed by atoms with Gasteiger partial charge in [0.25, 0.3) is 5.91 Å². The van der Waals surface area contributed by atoms with Crippen molar-refractivity contribution in [2.24, 2.45) is 0 Å². The predicted molar refractivity (Wildman–Crippen MR) is 146 cm³/mol. The van der Waals surface area contributed by atoms with Crippen LogP contribution in [0.1, 0.15) is 59.8 Å². The molecule has 0 bridgehead atoms. The first-order chi connectivity index (χ1) is 17.4. The van der Waals surface area contributed by atoms with Crippen molar-refractivity contribution in [3.05, 3.63) is 75.8 Å². The Bertz CT molecular complexity index is 1240. The van der Waals surface area contributed by atoms with Gasteiger partial charge in [0, 0.05) is 43.4 Å². The number of rotatable bonds is 8. The molecular formula is C28H34N4O4S. The number of nitrogens with one attached hydrogen (secondary N) is 2. The lowest BCUT2D eigenvalue weighted by molar-refractivity contribution is -0.114. The summed E-state index contributed by atoms with van der Waals surface area (Å²) in [5, 5.41) is 6.13. The average Bonchev–Trinajstić information content (AvgIpc) is 3.17. The molecule has 2 N–H and O–H groups in total. The molecule has 8 nitrogen and oxygen atoms in total. The molecule has 0 atom stereocenters. The fraction of sp³-hybridized carbons (Fsp3) is 0.357. The van der Waals surface area contributed by atoms with Gasteiger partial charge in [-0.1, -0.05) is 24.3 Å². The van der Waals surface area contributed by atoms with E-state index in [-0.39, 0.29) is 17.4 Å². The fourth-order valence-corrected chi connectivity index (χ4v) is 4.64. The zero-order chi connectivity index (χ0) is 27.2. The van der Waals surface area contributed by atoms with Crippen LogP contribution in [-0.2, 0) is 24.1 Å². The van der Waals surface area contributed by atoms with Crippen molar-refractivity contribution >= 4 is 34.4 Å². The van der Waals surface area contributed by atoms with E-state index in [9.17, 15) is 14.4 Å². The number of aryl methyl sites for hydroxylation is 2. The molecule has 0 aliphatic heterocycles. The molecule has 0 radical (unpaired) electrons. The minimum atomic E-state index is -0.489. The molecule has 9 heteroatoms. The topological polar surface area (TPSA) is 101 Å². The molecule has 0 aliphatic rings. The van der Waals surface area contributed by atoms with Gasteiger partial charge in [-0.2, -0.15) is 0 Å². The average molecular weight is 523 g/mol. The van der Waals surface area contributed by atoms with Gasteiger partial charge >= 0.3 is 6.09 Å². The third-order valence-electron chi connectivity index (χ3n) is 5.29. The molecule has 1 heterocycles. The van der Waals surface area contributed by atoms with E-state index in [2.05, 4.69) is 15.6 Å². The van der Waals surface area contributed by atoms with Crippen molar-refractivity contribution in [2.45, 2.75) is 52.5 Å². The zero-order valence-corrected chi connectivity index (χ0v) is 23.0. The first kappa shape index (κ1) is 27.9. The van der Waals surface area contributed by atoms with Crippen molar-refractivity contribution in [2.75, 3.05) is 19.4 Å². The Morgan fingerprint density at radius 3 is 2.14 bits per heavy atom. The number of carbonyl (C=O) groups excluding carboxylic acids is 3. The summed E-state index contributed by atoms with van der Waals surface area (Å²) < 4.78 is 5.35. The number of anilines is 1. The standard InChI is InChI=1S/C28H34N4O4S/c1-18(33)29-26-30-23(24(37-26)17-20-7-12-21(13-8-20)25(34)32(5)6)16-11-19-9-14-22(15-10-19)36-27(35)31-28(2,3)4/h7-10,12-15H,11,16-17H2,1-6H3,(H,31,35)(H,29,30,33). The van der Waals surface area contributed by atoms with Crippen LogP contribution in [0.4, 0.5) is 9.93 Å². The van der Waals surface area contributed by atoms with Gasteiger partial charge in [-0.15, -0.1) is 11.3 Å². The van der Waals surface area contributed by atoms with E-state index in [0.29, 0.717) is 29.3 Å². The summed E-state index contributed by atoms with van der Waals surface area (Å²) in [6.07, 6.45) is 1.59. The number of ether oxygens (including phenoxy) is 1. The van der Waals surface area contributed by atoms with Crippen LogP contribution in [-0.4, -0.2) is 47.4 Å². The summed E-state index contributed by atoms with van der Waals surface area (Å²) in [7, 11) is 3.46. The molecule has 3 amide bonds. The van der Waals surface area contributed by atoms with Gasteiger partial charge < -0.3 is 20.3 Å². The van der Waals surface area contributed by atoms with Crippen LogP contribution in [0.3, 0.4) is 0 Å². The second-order valence-electron chi connectivity index (χ2n) is 10.1. The molecule has 2 aromatic carbocycles. The highest BCUT2D eigenvalue weighted by atomic mass is 32.1. The van der Waals surface area contributed by atoms with Crippen LogP contribution in [0.5, 0.6) is 5.75 Å². The Labute approximate surface area is 222 Å². The smallest absolute Gasteiger partial charge is 0.410 e. The highest BCUT2D eigenvalue weighted by molar-refractivity contribution is 7.15.